The van der Waals surface area contributed by atoms with Crippen LogP contribution in [0, 0.1) is 0 Å². The number of nitrogens with one attached hydrogen (secondary N) is 1. The van der Waals surface area contributed by atoms with E-state index >= 15 is 0 Å². The second-order valence-corrected chi connectivity index (χ2v) is 22.1. The summed E-state index contributed by atoms with van der Waals surface area (Å²) in [7, 11) is 0. The summed E-state index contributed by atoms with van der Waals surface area (Å²) in [5.41, 5.74) is 0. The molecule has 0 saturated carbocycles. The molecule has 0 aliphatic carbocycles. The van der Waals surface area contributed by atoms with Gasteiger partial charge in [0.15, 0.2) is 0 Å². The number of hydrogen-bond donors (Lipinski definition) is 3. The summed E-state index contributed by atoms with van der Waals surface area (Å²) in [6.07, 6.45) is 77.4. The maximum absolute atomic E-state index is 12.4. The van der Waals surface area contributed by atoms with Crippen LogP contribution in [0.3, 0.4) is 0 Å². The Hall–Kier alpha value is -1.92. The number of esters is 1. The largest absolute Gasteiger partial charge is 0.466 e. The topological polar surface area (TPSA) is 95.9 Å². The summed E-state index contributed by atoms with van der Waals surface area (Å²) in [5, 5.41) is 23.2. The number of rotatable bonds is 60. The highest BCUT2D eigenvalue weighted by atomic mass is 16.5. The number of ether oxygens (including phenoxy) is 1. The van der Waals surface area contributed by atoms with E-state index in [0.717, 1.165) is 51.4 Å². The van der Waals surface area contributed by atoms with Crippen LogP contribution < -0.4 is 5.32 Å². The third-order valence-electron chi connectivity index (χ3n) is 14.9. The molecule has 6 heteroatoms. The van der Waals surface area contributed by atoms with Crippen LogP contribution in [0.15, 0.2) is 36.5 Å². The van der Waals surface area contributed by atoms with Crippen LogP contribution in [0.5, 0.6) is 0 Å². The molecule has 424 valence electrons. The van der Waals surface area contributed by atoms with Gasteiger partial charge in [0.1, 0.15) is 0 Å². The molecule has 72 heavy (non-hydrogen) atoms. The van der Waals surface area contributed by atoms with Crippen LogP contribution >= 0.6 is 0 Å². The fourth-order valence-electron chi connectivity index (χ4n) is 9.96. The molecule has 6 nitrogen and oxygen atoms in total. The molecule has 0 aliphatic heterocycles. The molecule has 2 atom stereocenters. The van der Waals surface area contributed by atoms with Crippen molar-refractivity contribution in [1.82, 2.24) is 5.32 Å². The fraction of sp³-hybridized carbons (Fsp3) is 0.879. The molecule has 0 radical (unpaired) electrons. The molecular formula is C66H125NO5. The lowest BCUT2D eigenvalue weighted by molar-refractivity contribution is -0.143. The predicted octanol–water partition coefficient (Wildman–Crippen LogP) is 20.4. The SMILES string of the molecule is CCCCCC/C=C\C/C=C\CCCCCCCC(=O)OCCCCCCCCCCCCCC/C=C\CCCCCCCCCCCCCCC(=O)NC(CO)C(O)CCCCCCCCCCCCC. The summed E-state index contributed by atoms with van der Waals surface area (Å²) in [4.78, 5) is 24.5. The quantitative estimate of drug-likeness (QED) is 0.0320. The van der Waals surface area contributed by atoms with Crippen LogP contribution in [0.25, 0.3) is 0 Å². The maximum atomic E-state index is 12.4. The van der Waals surface area contributed by atoms with Gasteiger partial charge in [-0.3, -0.25) is 9.59 Å². The number of carbonyl (C=O) groups excluding carboxylic acids is 2. The molecule has 0 aromatic heterocycles. The summed E-state index contributed by atoms with van der Waals surface area (Å²) < 4.78 is 5.48. The molecule has 2 unspecified atom stereocenters. The van der Waals surface area contributed by atoms with Gasteiger partial charge in [-0.15, -0.1) is 0 Å². The number of carbonyl (C=O) groups is 2. The Bertz CT molecular complexity index is 1170. The van der Waals surface area contributed by atoms with Crippen molar-refractivity contribution in [2.24, 2.45) is 0 Å². The van der Waals surface area contributed by atoms with Crippen molar-refractivity contribution in [3.05, 3.63) is 36.5 Å². The number of aliphatic hydroxyl groups excluding tert-OH is 2. The van der Waals surface area contributed by atoms with Crippen molar-refractivity contribution in [2.75, 3.05) is 13.2 Å². The smallest absolute Gasteiger partial charge is 0.305 e. The lowest BCUT2D eigenvalue weighted by Gasteiger charge is -2.22. The molecule has 0 spiro atoms. The van der Waals surface area contributed by atoms with Crippen LogP contribution in [0.4, 0.5) is 0 Å². The van der Waals surface area contributed by atoms with Gasteiger partial charge in [0.05, 0.1) is 25.4 Å². The van der Waals surface area contributed by atoms with Crippen LogP contribution in [-0.4, -0.2) is 47.4 Å². The Morgan fingerprint density at radius 2 is 0.694 bits per heavy atom. The molecule has 0 bridgehead atoms. The van der Waals surface area contributed by atoms with Crippen molar-refractivity contribution < 1.29 is 24.5 Å². The number of amides is 1. The van der Waals surface area contributed by atoms with Gasteiger partial charge in [-0.05, 0) is 83.5 Å². The van der Waals surface area contributed by atoms with Gasteiger partial charge in [-0.25, -0.2) is 0 Å². The maximum Gasteiger partial charge on any atom is 0.305 e. The van der Waals surface area contributed by atoms with Gasteiger partial charge in [0, 0.05) is 12.8 Å². The zero-order chi connectivity index (χ0) is 52.2. The third kappa shape index (κ3) is 57.4. The highest BCUT2D eigenvalue weighted by Crippen LogP contribution is 2.17. The first-order valence-corrected chi connectivity index (χ1v) is 32.2. The average molecular weight is 1010 g/mol. The average Bonchev–Trinajstić information content (AvgIpc) is 3.38. The van der Waals surface area contributed by atoms with Gasteiger partial charge >= 0.3 is 5.97 Å². The number of unbranched alkanes of at least 4 members (excludes halogenated alkanes) is 43. The lowest BCUT2D eigenvalue weighted by Crippen LogP contribution is -2.45. The van der Waals surface area contributed by atoms with E-state index in [1.807, 2.05) is 0 Å². The van der Waals surface area contributed by atoms with E-state index in [0.29, 0.717) is 25.9 Å². The van der Waals surface area contributed by atoms with Crippen molar-refractivity contribution in [2.45, 2.75) is 360 Å². The molecule has 0 aliphatic rings. The normalized spacial score (nSPS) is 12.8. The minimum atomic E-state index is -0.663. The Balaban J connectivity index is 3.36. The van der Waals surface area contributed by atoms with E-state index in [1.54, 1.807) is 0 Å². The van der Waals surface area contributed by atoms with Gasteiger partial charge in [-0.1, -0.05) is 288 Å². The van der Waals surface area contributed by atoms with Crippen LogP contribution in [-0.2, 0) is 14.3 Å². The van der Waals surface area contributed by atoms with Gasteiger partial charge in [0.2, 0.25) is 5.91 Å². The Kier molecular flexibility index (Phi) is 60.0. The van der Waals surface area contributed by atoms with E-state index in [4.69, 9.17) is 4.74 Å². The van der Waals surface area contributed by atoms with E-state index in [1.165, 1.54) is 263 Å². The first kappa shape index (κ1) is 70.1. The summed E-state index contributed by atoms with van der Waals surface area (Å²) in [6, 6.07) is -0.540. The van der Waals surface area contributed by atoms with Crippen LogP contribution in [0.1, 0.15) is 348 Å². The standard InChI is InChI=1S/C66H125NO5/c1-3-5-7-9-11-13-15-16-17-33-36-40-44-48-52-56-60-66(71)72-61-57-53-49-45-41-37-34-31-29-27-25-23-21-19-18-20-22-24-26-28-30-32-35-39-43-47-51-55-59-65(70)67-63(62-68)64(69)58-54-50-46-42-38-14-12-10-8-6-4-2/h13,15,17-19,33,63-64,68-69H,3-12,14,16,20-32,34-62H2,1-2H3,(H,67,70)/b15-13-,19-18-,33-17-. The third-order valence-corrected chi connectivity index (χ3v) is 14.9. The molecule has 0 aromatic carbocycles. The lowest BCUT2D eigenvalue weighted by atomic mass is 10.0. The highest BCUT2D eigenvalue weighted by Gasteiger charge is 2.20. The molecule has 0 aromatic rings. The van der Waals surface area contributed by atoms with Gasteiger partial charge in [-0.2, -0.15) is 0 Å². The summed E-state index contributed by atoms with van der Waals surface area (Å²) >= 11 is 0. The zero-order valence-electron chi connectivity index (χ0n) is 48.4. The second-order valence-electron chi connectivity index (χ2n) is 22.1. The van der Waals surface area contributed by atoms with E-state index in [9.17, 15) is 19.8 Å². The molecule has 0 heterocycles. The first-order valence-electron chi connectivity index (χ1n) is 32.2. The molecule has 0 fully saturated rings. The van der Waals surface area contributed by atoms with Crippen LogP contribution in [0.2, 0.25) is 0 Å². The molecular weight excluding hydrogens is 887 g/mol. The van der Waals surface area contributed by atoms with Crippen molar-refractivity contribution in [3.63, 3.8) is 0 Å². The van der Waals surface area contributed by atoms with Crippen molar-refractivity contribution in [1.29, 1.82) is 0 Å². The Morgan fingerprint density at radius 1 is 0.389 bits per heavy atom. The molecule has 3 N–H and O–H groups in total. The van der Waals surface area contributed by atoms with Crippen molar-refractivity contribution >= 4 is 11.9 Å². The predicted molar refractivity (Wildman–Crippen MR) is 315 cm³/mol. The minimum absolute atomic E-state index is 0.00236. The van der Waals surface area contributed by atoms with E-state index < -0.39 is 12.1 Å². The monoisotopic (exact) mass is 1010 g/mol. The van der Waals surface area contributed by atoms with E-state index in [2.05, 4.69) is 55.6 Å². The zero-order valence-corrected chi connectivity index (χ0v) is 48.4. The van der Waals surface area contributed by atoms with Crippen molar-refractivity contribution in [3.8, 4) is 0 Å². The number of allylic oxidation sites excluding steroid dienone is 6. The minimum Gasteiger partial charge on any atom is -0.466 e. The second kappa shape index (κ2) is 61.6. The highest BCUT2D eigenvalue weighted by molar-refractivity contribution is 5.76. The van der Waals surface area contributed by atoms with Gasteiger partial charge in [0.25, 0.3) is 0 Å². The van der Waals surface area contributed by atoms with Gasteiger partial charge < -0.3 is 20.3 Å². The number of hydrogen-bond acceptors (Lipinski definition) is 5. The summed E-state index contributed by atoms with van der Waals surface area (Å²) in [5.74, 6) is -0.0328. The number of aliphatic hydroxyl groups is 2. The van der Waals surface area contributed by atoms with E-state index in [-0.39, 0.29) is 18.5 Å². The first-order chi connectivity index (χ1) is 35.5. The fourth-order valence-corrected chi connectivity index (χ4v) is 9.96. The summed E-state index contributed by atoms with van der Waals surface area (Å²) in [6.45, 7) is 4.93. The Labute approximate surface area is 449 Å². The molecule has 0 saturated heterocycles. The molecule has 0 rings (SSSR count). The molecule has 1 amide bonds. The Morgan fingerprint density at radius 3 is 1.08 bits per heavy atom.